The third-order valence-corrected chi connectivity index (χ3v) is 14.4. The summed E-state index contributed by atoms with van der Waals surface area (Å²) in [5.41, 5.74) is 0. The van der Waals surface area contributed by atoms with Gasteiger partial charge in [0.05, 0.1) is 0 Å². The molecule has 2 rings (SSSR count). The van der Waals surface area contributed by atoms with Crippen molar-refractivity contribution in [2.24, 2.45) is 0 Å². The van der Waals surface area contributed by atoms with Crippen molar-refractivity contribution in [1.29, 1.82) is 0 Å². The van der Waals surface area contributed by atoms with Crippen molar-refractivity contribution in [1.82, 2.24) is 18.7 Å². The first-order valence-electron chi connectivity index (χ1n) is 11.3. The SMILES string of the molecule is COCCN(CCOC)P(Cl)(N1CCCC1)(N1CCCC1)N(CCOC)CCOC. The molecule has 0 atom stereocenters. The molecule has 0 aromatic carbocycles. The van der Waals surface area contributed by atoms with Crippen molar-refractivity contribution in [3.8, 4) is 0 Å². The Morgan fingerprint density at radius 2 is 0.867 bits per heavy atom. The van der Waals surface area contributed by atoms with Crippen LogP contribution in [0, 0.1) is 0 Å². The standard InChI is InChI=1S/C20H44ClN4O4P/c1-26-17-13-24(14-18-27-2)30(21,22-9-5-6-10-22,23-11-7-8-12-23)25(15-19-28-3)16-20-29-4/h5-20H2,1-4H3. The van der Waals surface area contributed by atoms with Crippen LogP contribution in [-0.2, 0) is 18.9 Å². The monoisotopic (exact) mass is 470 g/mol. The van der Waals surface area contributed by atoms with Gasteiger partial charge in [-0.3, -0.25) is 0 Å². The summed E-state index contributed by atoms with van der Waals surface area (Å²) in [5.74, 6) is 0. The molecule has 0 unspecified atom stereocenters. The summed E-state index contributed by atoms with van der Waals surface area (Å²) in [5, 5.41) is 0. The van der Waals surface area contributed by atoms with Gasteiger partial charge in [-0.25, -0.2) is 0 Å². The molecule has 2 aliphatic rings. The van der Waals surface area contributed by atoms with E-state index >= 15 is 0 Å². The Kier molecular flexibility index (Phi) is 11.7. The van der Waals surface area contributed by atoms with Crippen molar-refractivity contribution >= 4 is 17.8 Å². The molecule has 0 saturated carbocycles. The van der Waals surface area contributed by atoms with E-state index in [1.54, 1.807) is 28.4 Å². The molecule has 0 spiro atoms. The zero-order chi connectivity index (χ0) is 21.9. The molecule has 2 saturated heterocycles. The van der Waals surface area contributed by atoms with E-state index in [0.29, 0.717) is 26.4 Å². The Balaban J connectivity index is 2.61. The fourth-order valence-corrected chi connectivity index (χ4v) is 12.5. The summed E-state index contributed by atoms with van der Waals surface area (Å²) < 4.78 is 32.4. The Labute approximate surface area is 188 Å². The average molecular weight is 471 g/mol. The van der Waals surface area contributed by atoms with Gasteiger partial charge in [0.2, 0.25) is 0 Å². The van der Waals surface area contributed by atoms with Gasteiger partial charge in [-0.15, -0.1) is 0 Å². The molecule has 0 aromatic heterocycles. The van der Waals surface area contributed by atoms with Crippen molar-refractivity contribution in [2.75, 3.05) is 107 Å². The van der Waals surface area contributed by atoms with Gasteiger partial charge in [-0.2, -0.15) is 0 Å². The van der Waals surface area contributed by atoms with Gasteiger partial charge in [-0.05, 0) is 0 Å². The minimum atomic E-state index is -3.37. The summed E-state index contributed by atoms with van der Waals surface area (Å²) in [7, 11) is 7.04. The van der Waals surface area contributed by atoms with Crippen LogP contribution in [0.2, 0.25) is 0 Å². The van der Waals surface area contributed by atoms with Crippen LogP contribution in [-0.4, -0.2) is 126 Å². The van der Waals surface area contributed by atoms with E-state index in [4.69, 9.17) is 30.2 Å². The van der Waals surface area contributed by atoms with E-state index in [2.05, 4.69) is 18.7 Å². The van der Waals surface area contributed by atoms with Crippen molar-refractivity contribution in [2.45, 2.75) is 25.7 Å². The normalized spacial score (nSPS) is 20.4. The zero-order valence-corrected chi connectivity index (χ0v) is 21.2. The number of ether oxygens (including phenoxy) is 4. The number of nitrogens with zero attached hydrogens (tertiary/aromatic N) is 4. The predicted molar refractivity (Wildman–Crippen MR) is 125 cm³/mol. The van der Waals surface area contributed by atoms with E-state index in [-0.39, 0.29) is 0 Å². The van der Waals surface area contributed by atoms with Crippen molar-refractivity contribution in [3.63, 3.8) is 0 Å². The summed E-state index contributed by atoms with van der Waals surface area (Å²) >= 11 is 8.30. The van der Waals surface area contributed by atoms with Gasteiger partial charge in [0.25, 0.3) is 0 Å². The Morgan fingerprint density at radius 3 is 1.10 bits per heavy atom. The molecule has 0 amide bonds. The summed E-state index contributed by atoms with van der Waals surface area (Å²) in [6, 6.07) is 0. The van der Waals surface area contributed by atoms with Crippen LogP contribution in [0.1, 0.15) is 25.7 Å². The molecule has 0 aliphatic carbocycles. The first-order valence-corrected chi connectivity index (χ1v) is 14.2. The number of hydrogen-bond acceptors (Lipinski definition) is 8. The number of halogens is 1. The molecular formula is C20H44ClN4O4P. The van der Waals surface area contributed by atoms with Crippen LogP contribution in [0.5, 0.6) is 0 Å². The van der Waals surface area contributed by atoms with Crippen molar-refractivity contribution in [3.05, 3.63) is 0 Å². The van der Waals surface area contributed by atoms with E-state index in [0.717, 1.165) is 52.4 Å². The van der Waals surface area contributed by atoms with Crippen LogP contribution in [0.4, 0.5) is 0 Å². The topological polar surface area (TPSA) is 49.9 Å². The average Bonchev–Trinajstić information content (AvgIpc) is 3.48. The quantitative estimate of drug-likeness (QED) is 0.319. The third kappa shape index (κ3) is 5.48. The van der Waals surface area contributed by atoms with Crippen LogP contribution in [0.3, 0.4) is 0 Å². The fourth-order valence-electron chi connectivity index (χ4n) is 4.86. The van der Waals surface area contributed by atoms with Gasteiger partial charge in [0.1, 0.15) is 0 Å². The van der Waals surface area contributed by atoms with E-state index < -0.39 is 6.56 Å². The van der Waals surface area contributed by atoms with Crippen molar-refractivity contribution < 1.29 is 18.9 Å². The zero-order valence-electron chi connectivity index (χ0n) is 19.6. The first-order chi connectivity index (χ1) is 14.6. The molecule has 0 N–H and O–H groups in total. The maximum atomic E-state index is 8.30. The second-order valence-electron chi connectivity index (χ2n) is 8.04. The number of hydrogen-bond donors (Lipinski definition) is 0. The second kappa shape index (κ2) is 13.2. The molecule has 10 heteroatoms. The molecule has 0 aromatic rings. The van der Waals surface area contributed by atoms with E-state index in [1.807, 2.05) is 0 Å². The third-order valence-electron chi connectivity index (χ3n) is 6.32. The summed E-state index contributed by atoms with van der Waals surface area (Å²) in [6.45, 7) is 6.32. The molecule has 0 radical (unpaired) electrons. The van der Waals surface area contributed by atoms with Gasteiger partial charge in [0.15, 0.2) is 0 Å². The Hall–Kier alpha value is 0.400. The maximum absolute atomic E-state index is 8.30. The van der Waals surface area contributed by atoms with Gasteiger partial charge in [-0.1, -0.05) is 0 Å². The van der Waals surface area contributed by atoms with E-state index in [9.17, 15) is 0 Å². The molecular weight excluding hydrogens is 427 g/mol. The van der Waals surface area contributed by atoms with Crippen LogP contribution in [0.25, 0.3) is 0 Å². The summed E-state index contributed by atoms with van der Waals surface area (Å²) in [4.78, 5) is 0. The molecule has 30 heavy (non-hydrogen) atoms. The minimum absolute atomic E-state index is 0.637. The first kappa shape index (κ1) is 26.7. The molecule has 2 heterocycles. The second-order valence-corrected chi connectivity index (χ2v) is 13.8. The molecule has 180 valence electrons. The van der Waals surface area contributed by atoms with E-state index in [1.165, 1.54) is 25.7 Å². The molecule has 0 bridgehead atoms. The molecule has 2 aliphatic heterocycles. The number of rotatable bonds is 16. The van der Waals surface area contributed by atoms with Crippen LogP contribution < -0.4 is 0 Å². The Morgan fingerprint density at radius 1 is 0.600 bits per heavy atom. The van der Waals surface area contributed by atoms with Gasteiger partial charge in [0, 0.05) is 0 Å². The van der Waals surface area contributed by atoms with Gasteiger partial charge < -0.3 is 0 Å². The number of methoxy groups -OCH3 is 4. The van der Waals surface area contributed by atoms with Crippen LogP contribution in [0.15, 0.2) is 0 Å². The fraction of sp³-hybridized carbons (Fsp3) is 1.00. The molecule has 2 fully saturated rings. The summed E-state index contributed by atoms with van der Waals surface area (Å²) in [6.07, 6.45) is 4.74. The van der Waals surface area contributed by atoms with Gasteiger partial charge >= 0.3 is 188 Å². The molecule has 8 nitrogen and oxygen atoms in total. The van der Waals surface area contributed by atoms with Crippen LogP contribution >= 0.6 is 17.8 Å². The Bertz CT molecular complexity index is 426. The predicted octanol–water partition coefficient (Wildman–Crippen LogP) is 2.73.